The zero-order valence-electron chi connectivity index (χ0n) is 16.1. The lowest BCUT2D eigenvalue weighted by Crippen LogP contribution is -2.19. The van der Waals surface area contributed by atoms with Crippen LogP contribution in [0, 0.1) is 11.6 Å². The Bertz CT molecular complexity index is 989. The molecule has 1 aliphatic carbocycles. The second kappa shape index (κ2) is 8.81. The van der Waals surface area contributed by atoms with Crippen molar-refractivity contribution in [3.63, 3.8) is 0 Å². The van der Waals surface area contributed by atoms with Crippen LogP contribution in [-0.2, 0) is 9.53 Å². The summed E-state index contributed by atoms with van der Waals surface area (Å²) in [4.78, 5) is 28.5. The minimum atomic E-state index is -1.08. The first-order valence-electron chi connectivity index (χ1n) is 9.06. The molecule has 0 unspecified atom stereocenters. The number of amides is 1. The number of halogens is 2. The molecule has 0 aliphatic heterocycles. The molecule has 8 heteroatoms. The van der Waals surface area contributed by atoms with E-state index in [0.29, 0.717) is 35.2 Å². The fourth-order valence-corrected chi connectivity index (χ4v) is 3.35. The van der Waals surface area contributed by atoms with Crippen LogP contribution in [0.15, 0.2) is 36.0 Å². The number of hydrogen-bond acceptors (Lipinski definition) is 5. The summed E-state index contributed by atoms with van der Waals surface area (Å²) in [6.45, 7) is 0. The molecule has 1 aliphatic rings. The molecule has 0 radical (unpaired) electrons. The number of nitrogens with zero attached hydrogens (tertiary/aromatic N) is 1. The summed E-state index contributed by atoms with van der Waals surface area (Å²) in [5, 5.41) is 2.74. The lowest BCUT2D eigenvalue weighted by Gasteiger charge is -2.22. The Morgan fingerprint density at radius 1 is 1.10 bits per heavy atom. The number of esters is 1. The maximum Gasteiger partial charge on any atom is 0.356 e. The van der Waals surface area contributed by atoms with Gasteiger partial charge in [0.1, 0.15) is 5.69 Å². The number of nitrogens with one attached hydrogen (secondary N) is 1. The van der Waals surface area contributed by atoms with Crippen molar-refractivity contribution in [2.75, 3.05) is 19.5 Å². The van der Waals surface area contributed by atoms with Crippen LogP contribution in [0.2, 0.25) is 0 Å². The molecule has 29 heavy (non-hydrogen) atoms. The third kappa shape index (κ3) is 4.26. The highest BCUT2D eigenvalue weighted by Gasteiger charge is 2.25. The molecule has 3 rings (SSSR count). The minimum Gasteiger partial charge on any atom is -0.493 e. The molecule has 0 bridgehead atoms. The van der Waals surface area contributed by atoms with Gasteiger partial charge in [-0.1, -0.05) is 0 Å². The lowest BCUT2D eigenvalue weighted by atomic mass is 9.86. The zero-order chi connectivity index (χ0) is 21.0. The highest BCUT2D eigenvalue weighted by atomic mass is 19.2. The van der Waals surface area contributed by atoms with Gasteiger partial charge in [-0.15, -0.1) is 0 Å². The fraction of sp³-hybridized carbons (Fsp3) is 0.286. The topological polar surface area (TPSA) is 77.5 Å². The van der Waals surface area contributed by atoms with Gasteiger partial charge in [0.25, 0.3) is 5.91 Å². The molecular weight excluding hydrogens is 382 g/mol. The predicted molar refractivity (Wildman–Crippen MR) is 103 cm³/mol. The Morgan fingerprint density at radius 3 is 2.59 bits per heavy atom. The van der Waals surface area contributed by atoms with Gasteiger partial charge < -0.3 is 14.8 Å². The van der Waals surface area contributed by atoms with Crippen molar-refractivity contribution in [3.05, 3.63) is 58.9 Å². The van der Waals surface area contributed by atoms with Gasteiger partial charge in [-0.05, 0) is 55.5 Å². The molecule has 0 fully saturated rings. The van der Waals surface area contributed by atoms with Crippen molar-refractivity contribution < 1.29 is 27.8 Å². The first kappa shape index (κ1) is 20.4. The van der Waals surface area contributed by atoms with Crippen LogP contribution in [0.4, 0.5) is 14.5 Å². The number of anilines is 1. The van der Waals surface area contributed by atoms with E-state index in [9.17, 15) is 18.4 Å². The Labute approximate surface area is 166 Å². The molecule has 0 saturated heterocycles. The summed E-state index contributed by atoms with van der Waals surface area (Å²) >= 11 is 0. The summed E-state index contributed by atoms with van der Waals surface area (Å²) < 4.78 is 37.5. The number of ether oxygens (including phenoxy) is 2. The van der Waals surface area contributed by atoms with E-state index in [2.05, 4.69) is 15.0 Å². The molecule has 0 atom stereocenters. The number of carbonyl (C=O) groups excluding carboxylic acids is 2. The number of hydrogen-bond donors (Lipinski definition) is 1. The van der Waals surface area contributed by atoms with Crippen molar-refractivity contribution >= 4 is 23.1 Å². The van der Waals surface area contributed by atoms with Crippen LogP contribution in [0.25, 0.3) is 5.57 Å². The van der Waals surface area contributed by atoms with Crippen molar-refractivity contribution in [2.24, 2.45) is 0 Å². The third-order valence-electron chi connectivity index (χ3n) is 4.73. The van der Waals surface area contributed by atoms with Gasteiger partial charge in [-0.2, -0.15) is 4.39 Å². The van der Waals surface area contributed by atoms with E-state index in [-0.39, 0.29) is 17.4 Å². The molecule has 1 heterocycles. The third-order valence-corrected chi connectivity index (χ3v) is 4.73. The molecule has 2 aromatic rings. The standard InChI is InChI=1S/C21H20F2N2O4/c1-28-19-14(7-8-16(22)18(19)23)13-5-3-4-6-15(13)20(26)25-12-9-10-24-17(11-12)21(27)29-2/h7-11H,3-6H2,1-2H3,(H,24,25,26). The summed E-state index contributed by atoms with van der Waals surface area (Å²) in [6.07, 6.45) is 4.01. The van der Waals surface area contributed by atoms with Gasteiger partial charge in [0.2, 0.25) is 5.82 Å². The van der Waals surface area contributed by atoms with Crippen molar-refractivity contribution in [1.29, 1.82) is 0 Å². The highest BCUT2D eigenvalue weighted by molar-refractivity contribution is 6.09. The monoisotopic (exact) mass is 402 g/mol. The molecule has 1 N–H and O–H groups in total. The van der Waals surface area contributed by atoms with Crippen LogP contribution < -0.4 is 10.1 Å². The molecule has 1 amide bonds. The number of allylic oxidation sites excluding steroid dienone is 1. The molecule has 0 saturated carbocycles. The average molecular weight is 402 g/mol. The molecular formula is C21H20F2N2O4. The molecule has 1 aromatic carbocycles. The van der Waals surface area contributed by atoms with Crippen molar-refractivity contribution in [1.82, 2.24) is 4.98 Å². The average Bonchev–Trinajstić information content (AvgIpc) is 2.75. The number of aromatic nitrogens is 1. The Balaban J connectivity index is 1.97. The van der Waals surface area contributed by atoms with Gasteiger partial charge in [0.05, 0.1) is 14.2 Å². The maximum absolute atomic E-state index is 14.2. The van der Waals surface area contributed by atoms with E-state index in [1.807, 2.05) is 0 Å². The molecule has 1 aromatic heterocycles. The first-order valence-corrected chi connectivity index (χ1v) is 9.06. The van der Waals surface area contributed by atoms with Crippen LogP contribution in [-0.4, -0.2) is 31.1 Å². The maximum atomic E-state index is 14.2. The second-order valence-corrected chi connectivity index (χ2v) is 6.48. The van der Waals surface area contributed by atoms with Gasteiger partial charge in [-0.25, -0.2) is 14.2 Å². The van der Waals surface area contributed by atoms with E-state index >= 15 is 0 Å². The summed E-state index contributed by atoms with van der Waals surface area (Å²) in [7, 11) is 2.50. The van der Waals surface area contributed by atoms with Crippen LogP contribution in [0.5, 0.6) is 5.75 Å². The number of pyridine rings is 1. The van der Waals surface area contributed by atoms with E-state index in [1.54, 1.807) is 6.07 Å². The quantitative estimate of drug-likeness (QED) is 0.762. The Morgan fingerprint density at radius 2 is 1.86 bits per heavy atom. The van der Waals surface area contributed by atoms with E-state index < -0.39 is 17.6 Å². The number of methoxy groups -OCH3 is 2. The van der Waals surface area contributed by atoms with Gasteiger partial charge in [0.15, 0.2) is 11.6 Å². The number of rotatable bonds is 5. The van der Waals surface area contributed by atoms with Gasteiger partial charge in [-0.3, -0.25) is 4.79 Å². The Kier molecular flexibility index (Phi) is 6.21. The van der Waals surface area contributed by atoms with E-state index in [1.165, 1.54) is 32.5 Å². The highest BCUT2D eigenvalue weighted by Crippen LogP contribution is 2.39. The summed E-state index contributed by atoms with van der Waals surface area (Å²) in [5.41, 5.74) is 1.88. The number of benzene rings is 1. The fourth-order valence-electron chi connectivity index (χ4n) is 3.35. The SMILES string of the molecule is COC(=O)c1cc(NC(=O)C2=C(c3ccc(F)c(F)c3OC)CCCC2)ccn1. The van der Waals surface area contributed by atoms with Crippen LogP contribution in [0.1, 0.15) is 41.7 Å². The van der Waals surface area contributed by atoms with Crippen molar-refractivity contribution in [3.8, 4) is 5.75 Å². The van der Waals surface area contributed by atoms with E-state index in [4.69, 9.17) is 4.74 Å². The van der Waals surface area contributed by atoms with Crippen molar-refractivity contribution in [2.45, 2.75) is 25.7 Å². The van der Waals surface area contributed by atoms with Gasteiger partial charge >= 0.3 is 5.97 Å². The number of carbonyl (C=O) groups is 2. The lowest BCUT2D eigenvalue weighted by molar-refractivity contribution is -0.113. The normalized spacial score (nSPS) is 13.8. The van der Waals surface area contributed by atoms with Crippen LogP contribution >= 0.6 is 0 Å². The minimum absolute atomic E-state index is 0.0606. The summed E-state index contributed by atoms with van der Waals surface area (Å²) in [6, 6.07) is 5.40. The Hall–Kier alpha value is -3.29. The molecule has 6 nitrogen and oxygen atoms in total. The first-order chi connectivity index (χ1) is 14.0. The van der Waals surface area contributed by atoms with Crippen LogP contribution in [0.3, 0.4) is 0 Å². The molecule has 0 spiro atoms. The summed E-state index contributed by atoms with van der Waals surface area (Å²) in [5.74, 6) is -3.32. The van der Waals surface area contributed by atoms with Gasteiger partial charge in [0, 0.05) is 23.0 Å². The smallest absolute Gasteiger partial charge is 0.356 e. The second-order valence-electron chi connectivity index (χ2n) is 6.48. The molecule has 152 valence electrons. The zero-order valence-corrected chi connectivity index (χ0v) is 16.1. The largest absolute Gasteiger partial charge is 0.493 e. The predicted octanol–water partition coefficient (Wildman–Crippen LogP) is 4.12. The van der Waals surface area contributed by atoms with E-state index in [0.717, 1.165) is 18.9 Å².